The third-order valence-electron chi connectivity index (χ3n) is 5.94. The fraction of sp³-hybridized carbons (Fsp3) is 0.762. The van der Waals surface area contributed by atoms with Crippen molar-refractivity contribution in [2.75, 3.05) is 46.4 Å². The lowest BCUT2D eigenvalue weighted by Crippen LogP contribution is -2.49. The molecule has 1 unspecified atom stereocenters. The summed E-state index contributed by atoms with van der Waals surface area (Å²) in [6.07, 6.45) is 5.21. The van der Waals surface area contributed by atoms with Crippen LogP contribution in [0.4, 0.5) is 0 Å². The minimum atomic E-state index is 0.415. The van der Waals surface area contributed by atoms with E-state index >= 15 is 0 Å². The molecule has 1 atom stereocenters. The van der Waals surface area contributed by atoms with Crippen LogP contribution in [0, 0.1) is 5.92 Å². The summed E-state index contributed by atoms with van der Waals surface area (Å²) < 4.78 is 5.79. The molecule has 152 valence electrons. The lowest BCUT2D eigenvalue weighted by Gasteiger charge is -2.38. The first-order valence-electron chi connectivity index (χ1n) is 10.6. The second kappa shape index (κ2) is 10.4. The molecule has 1 aromatic heterocycles. The molecule has 1 aromatic rings. The smallest absolute Gasteiger partial charge is 0.193 e. The van der Waals surface area contributed by atoms with Gasteiger partial charge in [-0.1, -0.05) is 13.0 Å². The molecule has 0 bridgehead atoms. The summed E-state index contributed by atoms with van der Waals surface area (Å²) in [6, 6.07) is 4.90. The number of ether oxygens (including phenoxy) is 1. The third kappa shape index (κ3) is 5.69. The third-order valence-corrected chi connectivity index (χ3v) is 6.91. The van der Waals surface area contributed by atoms with Crippen LogP contribution in [-0.2, 0) is 4.74 Å². The van der Waals surface area contributed by atoms with Crippen molar-refractivity contribution in [3.63, 3.8) is 0 Å². The van der Waals surface area contributed by atoms with Gasteiger partial charge >= 0.3 is 0 Å². The van der Waals surface area contributed by atoms with E-state index < -0.39 is 0 Å². The van der Waals surface area contributed by atoms with Crippen LogP contribution in [0.3, 0.4) is 0 Å². The molecule has 2 fully saturated rings. The van der Waals surface area contributed by atoms with E-state index in [9.17, 15) is 0 Å². The van der Waals surface area contributed by atoms with E-state index in [4.69, 9.17) is 4.74 Å². The largest absolute Gasteiger partial charge is 0.378 e. The van der Waals surface area contributed by atoms with E-state index in [0.29, 0.717) is 12.1 Å². The van der Waals surface area contributed by atoms with E-state index in [-0.39, 0.29) is 0 Å². The Kier molecular flexibility index (Phi) is 7.97. The van der Waals surface area contributed by atoms with E-state index in [1.807, 2.05) is 18.4 Å². The van der Waals surface area contributed by atoms with Crippen molar-refractivity contribution in [2.24, 2.45) is 10.9 Å². The normalized spacial score (nSPS) is 22.2. The Morgan fingerprint density at radius 1 is 1.26 bits per heavy atom. The molecule has 3 rings (SSSR count). The van der Waals surface area contributed by atoms with Gasteiger partial charge in [0.25, 0.3) is 0 Å². The number of likely N-dealkylation sites (tertiary alicyclic amines) is 2. The SMILES string of the molecule is CCOC1CCN(C(=NC)NCC(c2cccs2)N2CCC(C)CC2)CC1. The lowest BCUT2D eigenvalue weighted by molar-refractivity contribution is 0.0262. The van der Waals surface area contributed by atoms with Crippen molar-refractivity contribution in [3.05, 3.63) is 22.4 Å². The first-order chi connectivity index (χ1) is 13.2. The van der Waals surface area contributed by atoms with Crippen molar-refractivity contribution < 1.29 is 4.74 Å². The van der Waals surface area contributed by atoms with Crippen molar-refractivity contribution in [2.45, 2.75) is 51.7 Å². The average Bonchev–Trinajstić information content (AvgIpc) is 3.22. The van der Waals surface area contributed by atoms with Gasteiger partial charge < -0.3 is 15.0 Å². The Morgan fingerprint density at radius 2 is 2.00 bits per heavy atom. The van der Waals surface area contributed by atoms with Gasteiger partial charge in [0.05, 0.1) is 12.1 Å². The van der Waals surface area contributed by atoms with Crippen molar-refractivity contribution in [3.8, 4) is 0 Å². The summed E-state index contributed by atoms with van der Waals surface area (Å²) in [4.78, 5) is 11.1. The van der Waals surface area contributed by atoms with Gasteiger partial charge in [0.2, 0.25) is 0 Å². The predicted molar refractivity (Wildman–Crippen MR) is 115 cm³/mol. The molecule has 27 heavy (non-hydrogen) atoms. The topological polar surface area (TPSA) is 40.1 Å². The number of hydrogen-bond acceptors (Lipinski definition) is 4. The lowest BCUT2D eigenvalue weighted by atomic mass is 9.97. The highest BCUT2D eigenvalue weighted by molar-refractivity contribution is 7.10. The van der Waals surface area contributed by atoms with Crippen LogP contribution < -0.4 is 5.32 Å². The fourth-order valence-corrected chi connectivity index (χ4v) is 5.08. The van der Waals surface area contributed by atoms with Crippen LogP contribution in [0.5, 0.6) is 0 Å². The van der Waals surface area contributed by atoms with Gasteiger partial charge in [-0.05, 0) is 63.1 Å². The zero-order valence-corrected chi connectivity index (χ0v) is 18.0. The van der Waals surface area contributed by atoms with Crippen LogP contribution in [0.15, 0.2) is 22.5 Å². The summed E-state index contributed by atoms with van der Waals surface area (Å²) in [6.45, 7) is 10.6. The monoisotopic (exact) mass is 392 g/mol. The summed E-state index contributed by atoms with van der Waals surface area (Å²) in [7, 11) is 1.90. The second-order valence-corrected chi connectivity index (χ2v) is 8.80. The molecule has 0 aromatic carbocycles. The number of nitrogens with zero attached hydrogens (tertiary/aromatic N) is 3. The molecule has 5 nitrogen and oxygen atoms in total. The van der Waals surface area contributed by atoms with E-state index in [2.05, 4.69) is 51.5 Å². The minimum Gasteiger partial charge on any atom is -0.378 e. The Hall–Kier alpha value is -1.11. The molecule has 2 aliphatic heterocycles. The second-order valence-electron chi connectivity index (χ2n) is 7.82. The number of piperidine rings is 2. The average molecular weight is 393 g/mol. The van der Waals surface area contributed by atoms with Crippen molar-refractivity contribution in [1.82, 2.24) is 15.1 Å². The molecule has 2 saturated heterocycles. The molecule has 0 amide bonds. The fourth-order valence-electron chi connectivity index (χ4n) is 4.22. The highest BCUT2D eigenvalue weighted by Crippen LogP contribution is 2.29. The minimum absolute atomic E-state index is 0.415. The highest BCUT2D eigenvalue weighted by Gasteiger charge is 2.27. The van der Waals surface area contributed by atoms with E-state index in [1.165, 1.54) is 30.8 Å². The quantitative estimate of drug-likeness (QED) is 0.593. The number of thiophene rings is 1. The van der Waals surface area contributed by atoms with Gasteiger partial charge in [0.15, 0.2) is 5.96 Å². The van der Waals surface area contributed by atoms with Gasteiger partial charge in [0, 0.05) is 38.2 Å². The molecule has 0 aliphatic carbocycles. The Balaban J connectivity index is 1.57. The zero-order chi connectivity index (χ0) is 19.1. The number of rotatable bonds is 6. The predicted octanol–water partition coefficient (Wildman–Crippen LogP) is 3.60. The maximum atomic E-state index is 5.79. The molecule has 0 radical (unpaired) electrons. The number of guanidine groups is 1. The maximum Gasteiger partial charge on any atom is 0.193 e. The van der Waals surface area contributed by atoms with Crippen LogP contribution in [0.2, 0.25) is 0 Å². The summed E-state index contributed by atoms with van der Waals surface area (Å²) in [5.74, 6) is 1.90. The van der Waals surface area contributed by atoms with Crippen molar-refractivity contribution in [1.29, 1.82) is 0 Å². The maximum absolute atomic E-state index is 5.79. The first-order valence-corrected chi connectivity index (χ1v) is 11.4. The van der Waals surface area contributed by atoms with E-state index in [1.54, 1.807) is 0 Å². The molecule has 2 aliphatic rings. The molecular weight excluding hydrogens is 356 g/mol. The van der Waals surface area contributed by atoms with Crippen LogP contribution in [0.25, 0.3) is 0 Å². The van der Waals surface area contributed by atoms with Crippen LogP contribution in [-0.4, -0.2) is 68.2 Å². The van der Waals surface area contributed by atoms with Gasteiger partial charge in [0.1, 0.15) is 0 Å². The molecular formula is C21H36N4OS. The van der Waals surface area contributed by atoms with Gasteiger partial charge in [-0.15, -0.1) is 11.3 Å². The summed E-state index contributed by atoms with van der Waals surface area (Å²) in [5, 5.41) is 5.88. The highest BCUT2D eigenvalue weighted by atomic mass is 32.1. The molecule has 6 heteroatoms. The number of nitrogens with one attached hydrogen (secondary N) is 1. The van der Waals surface area contributed by atoms with Gasteiger partial charge in [-0.3, -0.25) is 9.89 Å². The molecule has 3 heterocycles. The van der Waals surface area contributed by atoms with Gasteiger partial charge in [-0.2, -0.15) is 0 Å². The van der Waals surface area contributed by atoms with Crippen LogP contribution in [0.1, 0.15) is 50.4 Å². The zero-order valence-electron chi connectivity index (χ0n) is 17.2. The summed E-state index contributed by atoms with van der Waals surface area (Å²) in [5.41, 5.74) is 0. The Bertz CT molecular complexity index is 561. The first kappa shape index (κ1) is 20.6. The van der Waals surface area contributed by atoms with E-state index in [0.717, 1.165) is 51.0 Å². The molecule has 0 saturated carbocycles. The standard InChI is InChI=1S/C21H36N4OS/c1-4-26-18-9-13-25(14-10-18)21(22-3)23-16-19(20-6-5-15-27-20)24-11-7-17(2)8-12-24/h5-6,15,17-19H,4,7-14,16H2,1-3H3,(H,22,23). The number of aliphatic imine (C=N–C) groups is 1. The Morgan fingerprint density at radius 3 is 2.59 bits per heavy atom. The number of hydrogen-bond donors (Lipinski definition) is 1. The van der Waals surface area contributed by atoms with Gasteiger partial charge in [-0.25, -0.2) is 0 Å². The van der Waals surface area contributed by atoms with Crippen molar-refractivity contribution >= 4 is 17.3 Å². The summed E-state index contributed by atoms with van der Waals surface area (Å²) >= 11 is 1.87. The Labute approximate surface area is 168 Å². The molecule has 0 spiro atoms. The molecule has 1 N–H and O–H groups in total. The van der Waals surface area contributed by atoms with Crippen LogP contribution >= 0.6 is 11.3 Å².